The van der Waals surface area contributed by atoms with Crippen LogP contribution in [-0.2, 0) is 11.8 Å². The molecule has 4 heteroatoms. The minimum atomic E-state index is -0.305. The Balaban J connectivity index is 2.80. The van der Waals surface area contributed by atoms with Crippen LogP contribution >= 0.6 is 0 Å². The molecule has 3 nitrogen and oxygen atoms in total. The number of carbonyl (C=O) groups excluding carboxylic acids is 1. The Morgan fingerprint density at radius 3 is 2.93 bits per heavy atom. The number of halogens is 1. The Labute approximate surface area is 79.5 Å². The summed E-state index contributed by atoms with van der Waals surface area (Å²) in [7, 11) is 1.72. The molecule has 0 aliphatic carbocycles. The van der Waals surface area contributed by atoms with Gasteiger partial charge in [0.05, 0.1) is 5.52 Å². The van der Waals surface area contributed by atoms with Gasteiger partial charge in [0.1, 0.15) is 11.6 Å². The zero-order valence-corrected chi connectivity index (χ0v) is 7.49. The first-order valence-corrected chi connectivity index (χ1v) is 4.05. The molecular weight excluding hydrogens is 183 g/mol. The number of hydrogen-bond acceptors (Lipinski definition) is 2. The molecule has 0 fully saturated rings. The number of benzene rings is 1. The average molecular weight is 190 g/mol. The number of nitrogens with zero attached hydrogens (tertiary/aromatic N) is 2. The second-order valence-electron chi connectivity index (χ2n) is 2.97. The number of aliphatic imine (C=N–C) groups is 1. The first kappa shape index (κ1) is 8.66. The molecule has 0 bridgehead atoms. The summed E-state index contributed by atoms with van der Waals surface area (Å²) in [6.45, 7) is 0. The number of isocyanates is 1. The summed E-state index contributed by atoms with van der Waals surface area (Å²) in [5, 5.41) is 0.850. The van der Waals surface area contributed by atoms with E-state index in [1.807, 2.05) is 0 Å². The van der Waals surface area contributed by atoms with Gasteiger partial charge in [0.15, 0.2) is 0 Å². The van der Waals surface area contributed by atoms with E-state index < -0.39 is 0 Å². The van der Waals surface area contributed by atoms with Gasteiger partial charge in [-0.2, -0.15) is 0 Å². The van der Waals surface area contributed by atoms with Crippen molar-refractivity contribution in [3.8, 4) is 0 Å². The maximum atomic E-state index is 12.9. The van der Waals surface area contributed by atoms with E-state index in [9.17, 15) is 9.18 Å². The third kappa shape index (κ3) is 1.22. The van der Waals surface area contributed by atoms with Crippen LogP contribution in [0.1, 0.15) is 0 Å². The van der Waals surface area contributed by atoms with Crippen LogP contribution < -0.4 is 0 Å². The van der Waals surface area contributed by atoms with Crippen LogP contribution in [0.5, 0.6) is 0 Å². The molecule has 1 aromatic heterocycles. The standard InChI is InChI=1S/C10H7FN2O/c1-13-9-5-8(11)3-2-7(9)4-10(13)12-6-14/h2-5H,1H3. The van der Waals surface area contributed by atoms with E-state index in [1.165, 1.54) is 18.2 Å². The Morgan fingerprint density at radius 2 is 2.21 bits per heavy atom. The highest BCUT2D eigenvalue weighted by atomic mass is 19.1. The average Bonchev–Trinajstić information content (AvgIpc) is 2.46. The van der Waals surface area contributed by atoms with Crippen molar-refractivity contribution in [2.75, 3.05) is 0 Å². The van der Waals surface area contributed by atoms with E-state index >= 15 is 0 Å². The zero-order valence-electron chi connectivity index (χ0n) is 7.49. The van der Waals surface area contributed by atoms with Crippen LogP contribution in [-0.4, -0.2) is 10.6 Å². The molecule has 0 spiro atoms. The van der Waals surface area contributed by atoms with E-state index in [0.717, 1.165) is 5.39 Å². The van der Waals surface area contributed by atoms with Crippen molar-refractivity contribution in [1.29, 1.82) is 0 Å². The highest BCUT2D eigenvalue weighted by Crippen LogP contribution is 2.24. The molecule has 0 aliphatic heterocycles. The topological polar surface area (TPSA) is 34.4 Å². The monoisotopic (exact) mass is 190 g/mol. The third-order valence-corrected chi connectivity index (χ3v) is 2.14. The lowest BCUT2D eigenvalue weighted by molar-refractivity contribution is 0.565. The lowest BCUT2D eigenvalue weighted by Crippen LogP contribution is -1.86. The Bertz CT molecular complexity index is 538. The van der Waals surface area contributed by atoms with Gasteiger partial charge >= 0.3 is 0 Å². The third-order valence-electron chi connectivity index (χ3n) is 2.14. The van der Waals surface area contributed by atoms with Crippen molar-refractivity contribution in [3.05, 3.63) is 30.1 Å². The summed E-state index contributed by atoms with van der Waals surface area (Å²) in [5.74, 6) is 0.168. The first-order chi connectivity index (χ1) is 6.72. The minimum absolute atomic E-state index is 0.305. The maximum Gasteiger partial charge on any atom is 0.242 e. The predicted octanol–water partition coefficient (Wildman–Crippen LogP) is 2.28. The van der Waals surface area contributed by atoms with Crippen LogP contribution in [0.2, 0.25) is 0 Å². The molecule has 1 heterocycles. The highest BCUT2D eigenvalue weighted by Gasteiger charge is 2.04. The molecule has 0 aliphatic rings. The molecule has 0 N–H and O–H groups in total. The fraction of sp³-hybridized carbons (Fsp3) is 0.100. The van der Waals surface area contributed by atoms with Crippen LogP contribution in [0.3, 0.4) is 0 Å². The molecule has 0 unspecified atom stereocenters. The van der Waals surface area contributed by atoms with Gasteiger partial charge < -0.3 is 4.57 Å². The maximum absolute atomic E-state index is 12.9. The molecule has 0 saturated carbocycles. The zero-order chi connectivity index (χ0) is 10.1. The summed E-state index contributed by atoms with van der Waals surface area (Å²) in [4.78, 5) is 13.6. The van der Waals surface area contributed by atoms with Gasteiger partial charge in [-0.15, -0.1) is 4.99 Å². The number of hydrogen-bond donors (Lipinski definition) is 0. The SMILES string of the molecule is Cn1c(N=C=O)cc2ccc(F)cc21. The van der Waals surface area contributed by atoms with E-state index in [0.29, 0.717) is 11.3 Å². The van der Waals surface area contributed by atoms with Gasteiger partial charge in [0.2, 0.25) is 6.08 Å². The second-order valence-corrected chi connectivity index (χ2v) is 2.97. The van der Waals surface area contributed by atoms with Gasteiger partial charge in [-0.1, -0.05) is 0 Å². The largest absolute Gasteiger partial charge is 0.328 e. The Morgan fingerprint density at radius 1 is 1.43 bits per heavy atom. The molecular formula is C10H7FN2O. The second kappa shape index (κ2) is 3.09. The molecule has 0 radical (unpaired) electrons. The summed E-state index contributed by atoms with van der Waals surface area (Å²) in [6, 6.07) is 6.13. The van der Waals surface area contributed by atoms with Crippen molar-refractivity contribution in [2.24, 2.45) is 12.0 Å². The van der Waals surface area contributed by atoms with Crippen LogP contribution in [0, 0.1) is 5.82 Å². The highest BCUT2D eigenvalue weighted by molar-refractivity contribution is 5.84. The van der Waals surface area contributed by atoms with Gasteiger partial charge in [0, 0.05) is 12.4 Å². The summed E-state index contributed by atoms with van der Waals surface area (Å²) in [5.41, 5.74) is 0.707. The van der Waals surface area contributed by atoms with Gasteiger partial charge in [-0.25, -0.2) is 9.18 Å². The van der Waals surface area contributed by atoms with Crippen LogP contribution in [0.25, 0.3) is 10.9 Å². The minimum Gasteiger partial charge on any atom is -0.328 e. The Kier molecular flexibility index (Phi) is 1.91. The lowest BCUT2D eigenvalue weighted by atomic mass is 10.2. The quantitative estimate of drug-likeness (QED) is 0.501. The molecule has 0 atom stereocenters. The summed E-state index contributed by atoms with van der Waals surface area (Å²) >= 11 is 0. The molecule has 0 saturated heterocycles. The van der Waals surface area contributed by atoms with E-state index in [4.69, 9.17) is 0 Å². The van der Waals surface area contributed by atoms with Crippen molar-refractivity contribution < 1.29 is 9.18 Å². The predicted molar refractivity (Wildman–Crippen MR) is 50.7 cm³/mol. The number of rotatable bonds is 1. The molecule has 0 amide bonds. The summed E-state index contributed by atoms with van der Waals surface area (Å²) < 4.78 is 14.5. The molecule has 70 valence electrons. The fourth-order valence-corrected chi connectivity index (χ4v) is 1.44. The fourth-order valence-electron chi connectivity index (χ4n) is 1.44. The van der Waals surface area contributed by atoms with Crippen LogP contribution in [0.4, 0.5) is 10.2 Å². The van der Waals surface area contributed by atoms with Crippen molar-refractivity contribution in [3.63, 3.8) is 0 Å². The molecule has 1 aromatic carbocycles. The van der Waals surface area contributed by atoms with E-state index in [2.05, 4.69) is 4.99 Å². The first-order valence-electron chi connectivity index (χ1n) is 4.05. The van der Waals surface area contributed by atoms with Crippen molar-refractivity contribution >= 4 is 22.8 Å². The van der Waals surface area contributed by atoms with Gasteiger partial charge in [-0.05, 0) is 24.3 Å². The molecule has 2 aromatic rings. The number of aryl methyl sites for hydroxylation is 1. The van der Waals surface area contributed by atoms with Gasteiger partial charge in [-0.3, -0.25) is 0 Å². The lowest BCUT2D eigenvalue weighted by Gasteiger charge is -1.96. The smallest absolute Gasteiger partial charge is 0.242 e. The number of fused-ring (bicyclic) bond motifs is 1. The van der Waals surface area contributed by atoms with Gasteiger partial charge in [0.25, 0.3) is 0 Å². The Hall–Kier alpha value is -1.93. The van der Waals surface area contributed by atoms with Crippen LogP contribution in [0.15, 0.2) is 29.3 Å². The normalized spacial score (nSPS) is 10.1. The van der Waals surface area contributed by atoms with Crippen molar-refractivity contribution in [1.82, 2.24) is 4.57 Å². The van der Waals surface area contributed by atoms with E-state index in [-0.39, 0.29) is 5.82 Å². The van der Waals surface area contributed by atoms with E-state index in [1.54, 1.807) is 23.7 Å². The van der Waals surface area contributed by atoms with Crippen molar-refractivity contribution in [2.45, 2.75) is 0 Å². The molecule has 2 rings (SSSR count). The number of aromatic nitrogens is 1. The molecule has 14 heavy (non-hydrogen) atoms. The summed E-state index contributed by atoms with van der Waals surface area (Å²) in [6.07, 6.45) is 1.46.